The van der Waals surface area contributed by atoms with Gasteiger partial charge in [-0.25, -0.2) is 18.3 Å². The molecule has 0 saturated heterocycles. The number of hydrogen-bond acceptors (Lipinski definition) is 4. The lowest BCUT2D eigenvalue weighted by molar-refractivity contribution is -0.121. The van der Waals surface area contributed by atoms with Gasteiger partial charge in [-0.2, -0.15) is 0 Å². The summed E-state index contributed by atoms with van der Waals surface area (Å²) >= 11 is 0. The van der Waals surface area contributed by atoms with Gasteiger partial charge in [0.05, 0.1) is 17.4 Å². The molecule has 2 heterocycles. The molecule has 0 aliphatic rings. The second-order valence-electron chi connectivity index (χ2n) is 7.80. The Morgan fingerprint density at radius 1 is 1.12 bits per heavy atom. The molecule has 0 aliphatic carbocycles. The summed E-state index contributed by atoms with van der Waals surface area (Å²) in [6.45, 7) is 4.09. The van der Waals surface area contributed by atoms with Gasteiger partial charge < -0.3 is 5.32 Å². The van der Waals surface area contributed by atoms with Crippen LogP contribution in [0.5, 0.6) is 0 Å². The number of aryl methyl sites for hydroxylation is 1. The maximum Gasteiger partial charge on any atom is 0.352 e. The van der Waals surface area contributed by atoms with E-state index in [4.69, 9.17) is 0 Å². The van der Waals surface area contributed by atoms with E-state index in [1.165, 1.54) is 25.8 Å². The lowest BCUT2D eigenvalue weighted by Gasteiger charge is -2.12. The third-order valence-corrected chi connectivity index (χ3v) is 5.51. The zero-order chi connectivity index (χ0) is 22.8. The van der Waals surface area contributed by atoms with Gasteiger partial charge in [-0.15, -0.1) is 5.10 Å². The van der Waals surface area contributed by atoms with Crippen LogP contribution in [-0.2, 0) is 17.9 Å². The first-order valence-corrected chi connectivity index (χ1v) is 10.5. The molecule has 0 saturated carbocycles. The highest BCUT2D eigenvalue weighted by Crippen LogP contribution is 2.12. The Labute approximate surface area is 182 Å². The molecule has 4 rings (SSSR count). The van der Waals surface area contributed by atoms with E-state index in [2.05, 4.69) is 10.4 Å². The number of hydrogen-bond donors (Lipinski definition) is 1. The average Bonchev–Trinajstić information content (AvgIpc) is 3.11. The van der Waals surface area contributed by atoms with Crippen LogP contribution in [0.15, 0.2) is 58.1 Å². The number of carbonyl (C=O) groups is 1. The minimum absolute atomic E-state index is 0.0355. The number of carbonyl (C=O) groups excluding carboxylic acids is 1. The van der Waals surface area contributed by atoms with Crippen LogP contribution >= 0.6 is 0 Å². The Balaban J connectivity index is 1.80. The number of halogens is 1. The number of fused-ring (bicyclic) bond motifs is 3. The van der Waals surface area contributed by atoms with Gasteiger partial charge in [0.2, 0.25) is 11.7 Å². The molecule has 166 valence electrons. The van der Waals surface area contributed by atoms with E-state index >= 15 is 0 Å². The molecule has 9 heteroatoms. The van der Waals surface area contributed by atoms with Gasteiger partial charge >= 0.3 is 5.69 Å². The van der Waals surface area contributed by atoms with Crippen molar-refractivity contribution in [3.05, 3.63) is 80.7 Å². The number of nitrogens with zero attached hydrogens (tertiary/aromatic N) is 4. The first-order chi connectivity index (χ1) is 15.4. The van der Waals surface area contributed by atoms with Gasteiger partial charge in [-0.05, 0) is 43.2 Å². The van der Waals surface area contributed by atoms with E-state index in [0.29, 0.717) is 16.5 Å². The van der Waals surface area contributed by atoms with Gasteiger partial charge in [-0.3, -0.25) is 14.2 Å². The third-order valence-electron chi connectivity index (χ3n) is 5.51. The highest BCUT2D eigenvalue weighted by molar-refractivity contribution is 5.80. The molecular formula is C23H24FN5O3. The largest absolute Gasteiger partial charge is 0.354 e. The Morgan fingerprint density at radius 3 is 2.56 bits per heavy atom. The molecule has 0 fully saturated rings. The molecule has 8 nitrogen and oxygen atoms in total. The number of benzene rings is 2. The van der Waals surface area contributed by atoms with Crippen molar-refractivity contribution < 1.29 is 9.18 Å². The van der Waals surface area contributed by atoms with Gasteiger partial charge in [0.25, 0.3) is 5.56 Å². The van der Waals surface area contributed by atoms with Crippen molar-refractivity contribution in [2.45, 2.75) is 45.8 Å². The number of nitrogens with one attached hydrogen (secondary N) is 1. The fraction of sp³-hybridized carbons (Fsp3) is 0.304. The zero-order valence-corrected chi connectivity index (χ0v) is 17.9. The van der Waals surface area contributed by atoms with Crippen LogP contribution in [0.1, 0.15) is 32.3 Å². The zero-order valence-electron chi connectivity index (χ0n) is 17.9. The fourth-order valence-electron chi connectivity index (χ4n) is 3.60. The van der Waals surface area contributed by atoms with Crippen LogP contribution in [-0.4, -0.2) is 30.7 Å². The summed E-state index contributed by atoms with van der Waals surface area (Å²) in [5, 5.41) is 7.65. The van der Waals surface area contributed by atoms with Crippen molar-refractivity contribution in [2.75, 3.05) is 0 Å². The summed E-state index contributed by atoms with van der Waals surface area (Å²) < 4.78 is 17.2. The maximum atomic E-state index is 13.2. The second kappa shape index (κ2) is 8.78. The monoisotopic (exact) mass is 437 g/mol. The fourth-order valence-corrected chi connectivity index (χ4v) is 3.60. The van der Waals surface area contributed by atoms with Crippen molar-refractivity contribution in [3.8, 4) is 0 Å². The first kappa shape index (κ1) is 21.5. The molecule has 4 aromatic rings. The van der Waals surface area contributed by atoms with Gasteiger partial charge in [0.1, 0.15) is 5.82 Å². The molecule has 0 bridgehead atoms. The summed E-state index contributed by atoms with van der Waals surface area (Å²) in [5.74, 6) is -0.380. The van der Waals surface area contributed by atoms with Crippen molar-refractivity contribution in [3.63, 3.8) is 0 Å². The Bertz CT molecular complexity index is 1400. The number of rotatable bonds is 7. The molecule has 0 aliphatic heterocycles. The quantitative estimate of drug-likeness (QED) is 0.480. The smallest absolute Gasteiger partial charge is 0.352 e. The van der Waals surface area contributed by atoms with Crippen molar-refractivity contribution >= 4 is 22.6 Å². The van der Waals surface area contributed by atoms with E-state index < -0.39 is 5.69 Å². The molecule has 1 atom stereocenters. The third kappa shape index (κ3) is 4.05. The molecule has 0 radical (unpaired) electrons. The predicted molar refractivity (Wildman–Crippen MR) is 119 cm³/mol. The van der Waals surface area contributed by atoms with Gasteiger partial charge in [-0.1, -0.05) is 31.2 Å². The van der Waals surface area contributed by atoms with Gasteiger partial charge in [0, 0.05) is 19.0 Å². The summed E-state index contributed by atoms with van der Waals surface area (Å²) in [7, 11) is 0. The van der Waals surface area contributed by atoms with Crippen LogP contribution in [0.25, 0.3) is 16.7 Å². The molecule has 32 heavy (non-hydrogen) atoms. The van der Waals surface area contributed by atoms with E-state index in [1.807, 2.05) is 13.8 Å². The Hall–Kier alpha value is -3.75. The SMILES string of the molecule is CCC(C)NC(=O)CCn1c(=O)c2ccccc2n2c(=O)n(Cc3ccc(F)cc3)nc12. The van der Waals surface area contributed by atoms with Crippen molar-refractivity contribution in [1.29, 1.82) is 0 Å². The molecule has 2 aromatic heterocycles. The van der Waals surface area contributed by atoms with Crippen LogP contribution in [0.4, 0.5) is 4.39 Å². The van der Waals surface area contributed by atoms with Crippen LogP contribution in [0.2, 0.25) is 0 Å². The van der Waals surface area contributed by atoms with E-state index in [9.17, 15) is 18.8 Å². The Kier molecular flexibility index (Phi) is 5.89. The molecule has 1 amide bonds. The van der Waals surface area contributed by atoms with Crippen molar-refractivity contribution in [1.82, 2.24) is 24.1 Å². The number of amides is 1. The summed E-state index contributed by atoms with van der Waals surface area (Å²) in [4.78, 5) is 38.7. The minimum Gasteiger partial charge on any atom is -0.354 e. The second-order valence-corrected chi connectivity index (χ2v) is 7.80. The predicted octanol–water partition coefficient (Wildman–Crippen LogP) is 2.30. The number of para-hydroxylation sites is 1. The average molecular weight is 437 g/mol. The summed E-state index contributed by atoms with van der Waals surface area (Å²) in [6, 6.07) is 12.6. The standard InChI is InChI=1S/C23H24FN5O3/c1-3-15(2)25-20(30)12-13-27-21(31)18-6-4-5-7-19(18)29-22(27)26-28(23(29)32)14-16-8-10-17(24)11-9-16/h4-11,15H,3,12-14H2,1-2H3,(H,25,30). The molecule has 2 aromatic carbocycles. The molecule has 1 N–H and O–H groups in total. The molecule has 0 spiro atoms. The van der Waals surface area contributed by atoms with E-state index in [-0.39, 0.29) is 48.6 Å². The van der Waals surface area contributed by atoms with Crippen molar-refractivity contribution in [2.24, 2.45) is 0 Å². The Morgan fingerprint density at radius 2 is 1.84 bits per heavy atom. The minimum atomic E-state index is -0.418. The van der Waals surface area contributed by atoms with E-state index in [1.54, 1.807) is 36.4 Å². The lowest BCUT2D eigenvalue weighted by Crippen LogP contribution is -2.34. The highest BCUT2D eigenvalue weighted by Gasteiger charge is 2.18. The lowest BCUT2D eigenvalue weighted by atomic mass is 10.2. The topological polar surface area (TPSA) is 90.4 Å². The summed E-state index contributed by atoms with van der Waals surface area (Å²) in [5.41, 5.74) is 0.410. The normalized spacial score (nSPS) is 12.3. The number of aromatic nitrogens is 4. The van der Waals surface area contributed by atoms with Gasteiger partial charge in [0.15, 0.2) is 0 Å². The van der Waals surface area contributed by atoms with Crippen LogP contribution < -0.4 is 16.6 Å². The molecular weight excluding hydrogens is 413 g/mol. The van der Waals surface area contributed by atoms with E-state index in [0.717, 1.165) is 6.42 Å². The van der Waals surface area contributed by atoms with Crippen LogP contribution in [0, 0.1) is 5.82 Å². The summed E-state index contributed by atoms with van der Waals surface area (Å²) in [6.07, 6.45) is 0.881. The molecule has 1 unspecified atom stereocenters. The highest BCUT2D eigenvalue weighted by atomic mass is 19.1. The van der Waals surface area contributed by atoms with Crippen LogP contribution in [0.3, 0.4) is 0 Å². The maximum absolute atomic E-state index is 13.2. The first-order valence-electron chi connectivity index (χ1n) is 10.5.